The van der Waals surface area contributed by atoms with Crippen LogP contribution in [0.25, 0.3) is 16.9 Å². The van der Waals surface area contributed by atoms with Crippen LogP contribution in [0.15, 0.2) is 79.0 Å². The van der Waals surface area contributed by atoms with Crippen molar-refractivity contribution in [2.45, 2.75) is 26.8 Å². The van der Waals surface area contributed by atoms with Crippen LogP contribution in [0.3, 0.4) is 0 Å². The second kappa shape index (κ2) is 11.1. The van der Waals surface area contributed by atoms with E-state index in [4.69, 9.17) is 4.74 Å². The van der Waals surface area contributed by atoms with E-state index in [2.05, 4.69) is 10.3 Å². The van der Waals surface area contributed by atoms with Gasteiger partial charge in [0.05, 0.1) is 12.8 Å². The Kier molecular flexibility index (Phi) is 7.67. The molecule has 2 amide bonds. The van der Waals surface area contributed by atoms with Gasteiger partial charge in [-0.25, -0.2) is 9.37 Å². The number of hydrogen-bond donors (Lipinski definition) is 1. The molecule has 8 heteroatoms. The molecule has 0 fully saturated rings. The van der Waals surface area contributed by atoms with Crippen LogP contribution in [0.1, 0.15) is 29.8 Å². The summed E-state index contributed by atoms with van der Waals surface area (Å²) >= 11 is 0. The molecule has 0 unspecified atom stereocenters. The van der Waals surface area contributed by atoms with E-state index in [9.17, 15) is 14.0 Å². The normalized spacial score (nSPS) is 10.9. The Bertz CT molecular complexity index is 1380. The smallest absolute Gasteiger partial charge is 0.254 e. The third-order valence-electron chi connectivity index (χ3n) is 5.94. The molecule has 1 aromatic heterocycles. The molecule has 7 nitrogen and oxygen atoms in total. The molecule has 0 saturated heterocycles. The Morgan fingerprint density at radius 1 is 1.00 bits per heavy atom. The number of aryl methyl sites for hydroxylation is 1. The number of nitrogens with zero attached hydrogens (tertiary/aromatic N) is 3. The monoisotopic (exact) mass is 500 g/mol. The van der Waals surface area contributed by atoms with Gasteiger partial charge in [0.25, 0.3) is 5.91 Å². The van der Waals surface area contributed by atoms with Crippen molar-refractivity contribution in [3.05, 3.63) is 95.9 Å². The lowest BCUT2D eigenvalue weighted by Crippen LogP contribution is -2.42. The molecule has 0 aliphatic carbocycles. The molecule has 4 aromatic rings. The van der Waals surface area contributed by atoms with Gasteiger partial charge in [0.2, 0.25) is 11.9 Å². The average Bonchev–Trinajstić information content (AvgIpc) is 3.31. The van der Waals surface area contributed by atoms with Crippen molar-refractivity contribution in [2.24, 2.45) is 0 Å². The van der Waals surface area contributed by atoms with Crippen LogP contribution in [-0.4, -0.2) is 46.0 Å². The fraction of sp³-hybridized carbons (Fsp3) is 0.207. The Hall–Kier alpha value is -4.46. The van der Waals surface area contributed by atoms with Gasteiger partial charge in [-0.15, -0.1) is 0 Å². The minimum Gasteiger partial charge on any atom is -0.497 e. The lowest BCUT2D eigenvalue weighted by atomic mass is 10.1. The van der Waals surface area contributed by atoms with Crippen LogP contribution in [0.4, 0.5) is 10.3 Å². The lowest BCUT2D eigenvalue weighted by molar-refractivity contribution is -0.117. The number of nitrogens with one attached hydrogen (secondary N) is 1. The first-order valence-corrected chi connectivity index (χ1v) is 11.9. The van der Waals surface area contributed by atoms with Crippen molar-refractivity contribution < 1.29 is 18.7 Å². The average molecular weight is 501 g/mol. The van der Waals surface area contributed by atoms with Crippen molar-refractivity contribution in [1.29, 1.82) is 0 Å². The third kappa shape index (κ3) is 6.03. The molecule has 0 radical (unpaired) electrons. The maximum absolute atomic E-state index is 13.6. The molecule has 0 aliphatic heterocycles. The van der Waals surface area contributed by atoms with E-state index in [0.29, 0.717) is 22.7 Å². The van der Waals surface area contributed by atoms with Gasteiger partial charge in [-0.05, 0) is 81.4 Å². The summed E-state index contributed by atoms with van der Waals surface area (Å²) in [5.41, 5.74) is 3.61. The van der Waals surface area contributed by atoms with Gasteiger partial charge in [0, 0.05) is 29.1 Å². The number of hydrogen-bond acceptors (Lipinski definition) is 4. The van der Waals surface area contributed by atoms with Crippen molar-refractivity contribution >= 4 is 17.8 Å². The molecule has 0 aliphatic rings. The summed E-state index contributed by atoms with van der Waals surface area (Å²) in [5, 5.41) is 2.84. The second-order valence-electron chi connectivity index (χ2n) is 8.97. The summed E-state index contributed by atoms with van der Waals surface area (Å²) < 4.78 is 20.5. The summed E-state index contributed by atoms with van der Waals surface area (Å²) in [7, 11) is 1.59. The molecule has 0 saturated carbocycles. The summed E-state index contributed by atoms with van der Waals surface area (Å²) in [6.45, 7) is 5.52. The highest BCUT2D eigenvalue weighted by Gasteiger charge is 2.23. The topological polar surface area (TPSA) is 76.5 Å². The molecular formula is C29H29FN4O3. The van der Waals surface area contributed by atoms with Gasteiger partial charge in [-0.1, -0.05) is 17.7 Å². The number of amides is 2. The fourth-order valence-electron chi connectivity index (χ4n) is 3.84. The number of imidazole rings is 1. The number of halogens is 1. The fourth-order valence-corrected chi connectivity index (χ4v) is 3.84. The van der Waals surface area contributed by atoms with Crippen LogP contribution in [0.5, 0.6) is 5.75 Å². The zero-order valence-electron chi connectivity index (χ0n) is 21.2. The molecule has 0 atom stereocenters. The SMILES string of the molecule is COc1ccc(-c2cn(-c3ccc(F)cc3)c(NC(=O)CN(C(=O)c3ccc(C)cc3)C(C)C)n2)cc1. The molecular weight excluding hydrogens is 471 g/mol. The quantitative estimate of drug-likeness (QED) is 0.347. The van der Waals surface area contributed by atoms with Crippen LogP contribution >= 0.6 is 0 Å². The molecule has 1 N–H and O–H groups in total. The Morgan fingerprint density at radius 2 is 1.65 bits per heavy atom. The maximum Gasteiger partial charge on any atom is 0.254 e. The highest BCUT2D eigenvalue weighted by Crippen LogP contribution is 2.26. The number of aromatic nitrogens is 2. The zero-order chi connectivity index (χ0) is 26.5. The number of anilines is 1. The maximum atomic E-state index is 13.6. The van der Waals surface area contributed by atoms with Crippen LogP contribution < -0.4 is 10.1 Å². The van der Waals surface area contributed by atoms with E-state index < -0.39 is 5.91 Å². The first-order valence-electron chi connectivity index (χ1n) is 11.9. The number of carbonyl (C=O) groups is 2. The first kappa shape index (κ1) is 25.6. The number of carbonyl (C=O) groups excluding carboxylic acids is 2. The molecule has 4 rings (SSSR count). The summed E-state index contributed by atoms with van der Waals surface area (Å²) in [5.74, 6) is -0.0291. The predicted octanol–water partition coefficient (Wildman–Crippen LogP) is 5.48. The zero-order valence-corrected chi connectivity index (χ0v) is 21.2. The largest absolute Gasteiger partial charge is 0.497 e. The van der Waals surface area contributed by atoms with E-state index in [1.807, 2.05) is 57.2 Å². The van der Waals surface area contributed by atoms with Crippen LogP contribution in [-0.2, 0) is 4.79 Å². The summed E-state index contributed by atoms with van der Waals surface area (Å²) in [6, 6.07) is 20.3. The van der Waals surface area contributed by atoms with E-state index in [0.717, 1.165) is 11.1 Å². The van der Waals surface area contributed by atoms with Crippen LogP contribution in [0, 0.1) is 12.7 Å². The molecule has 3 aromatic carbocycles. The number of benzene rings is 3. The Morgan fingerprint density at radius 3 is 2.24 bits per heavy atom. The van der Waals surface area contributed by atoms with Gasteiger partial charge >= 0.3 is 0 Å². The minimum absolute atomic E-state index is 0.154. The predicted molar refractivity (Wildman–Crippen MR) is 141 cm³/mol. The van der Waals surface area contributed by atoms with E-state index >= 15 is 0 Å². The standard InChI is InChI=1S/C29H29FN4O3/c1-19(2)33(28(36)22-7-5-20(3)6-8-22)18-27(35)32-29-31-26(21-9-15-25(37-4)16-10-21)17-34(29)24-13-11-23(30)12-14-24/h5-17,19H,18H2,1-4H3,(H,31,32,35). The van der Waals surface area contributed by atoms with Crippen molar-refractivity contribution in [2.75, 3.05) is 19.0 Å². The number of methoxy groups -OCH3 is 1. The molecule has 0 bridgehead atoms. The van der Waals surface area contributed by atoms with Gasteiger partial charge in [-0.2, -0.15) is 0 Å². The van der Waals surface area contributed by atoms with Gasteiger partial charge in [-0.3, -0.25) is 19.5 Å². The second-order valence-corrected chi connectivity index (χ2v) is 8.97. The Labute approximate surface area is 215 Å². The van der Waals surface area contributed by atoms with Gasteiger partial charge in [0.15, 0.2) is 0 Å². The lowest BCUT2D eigenvalue weighted by Gasteiger charge is -2.26. The van der Waals surface area contributed by atoms with Crippen LogP contribution in [0.2, 0.25) is 0 Å². The molecule has 0 spiro atoms. The third-order valence-corrected chi connectivity index (χ3v) is 5.94. The highest BCUT2D eigenvalue weighted by molar-refractivity contribution is 5.99. The summed E-state index contributed by atoms with van der Waals surface area (Å²) in [4.78, 5) is 32.4. The molecule has 1 heterocycles. The number of ether oxygens (including phenoxy) is 1. The Balaban J connectivity index is 1.61. The van der Waals surface area contributed by atoms with Crippen molar-refractivity contribution in [3.63, 3.8) is 0 Å². The van der Waals surface area contributed by atoms with E-state index in [-0.39, 0.29) is 30.3 Å². The van der Waals surface area contributed by atoms with Crippen molar-refractivity contribution in [1.82, 2.24) is 14.5 Å². The van der Waals surface area contributed by atoms with E-state index in [1.54, 1.807) is 42.1 Å². The van der Waals surface area contributed by atoms with Crippen molar-refractivity contribution in [3.8, 4) is 22.7 Å². The highest BCUT2D eigenvalue weighted by atomic mass is 19.1. The minimum atomic E-state index is -0.399. The first-order chi connectivity index (χ1) is 17.7. The summed E-state index contributed by atoms with van der Waals surface area (Å²) in [6.07, 6.45) is 1.77. The number of rotatable bonds is 8. The molecule has 190 valence electrons. The van der Waals surface area contributed by atoms with Gasteiger partial charge < -0.3 is 9.64 Å². The van der Waals surface area contributed by atoms with Gasteiger partial charge in [0.1, 0.15) is 18.1 Å². The van der Waals surface area contributed by atoms with E-state index in [1.165, 1.54) is 17.0 Å². The molecule has 37 heavy (non-hydrogen) atoms.